The quantitative estimate of drug-likeness (QED) is 0.429. The lowest BCUT2D eigenvalue weighted by atomic mass is 10.1. The minimum Gasteiger partial charge on any atom is -0.382 e. The summed E-state index contributed by atoms with van der Waals surface area (Å²) in [7, 11) is 1.60. The standard InChI is InChI=1S/C12H18ClFN2O2/c1-17-4-5-18-8-11(16-15)6-9-2-3-10(13)7-12(9)14/h2-3,7,11,16H,4-6,8,15H2,1H3. The first kappa shape index (κ1) is 15.3. The first-order valence-electron chi connectivity index (χ1n) is 5.64. The van der Waals surface area contributed by atoms with Crippen LogP contribution in [0, 0.1) is 5.82 Å². The molecule has 0 saturated carbocycles. The van der Waals surface area contributed by atoms with Crippen LogP contribution in [-0.4, -0.2) is 33.0 Å². The molecule has 1 rings (SSSR count). The molecule has 0 spiro atoms. The van der Waals surface area contributed by atoms with Crippen LogP contribution in [0.15, 0.2) is 18.2 Å². The van der Waals surface area contributed by atoms with Gasteiger partial charge in [-0.2, -0.15) is 0 Å². The van der Waals surface area contributed by atoms with E-state index in [9.17, 15) is 4.39 Å². The smallest absolute Gasteiger partial charge is 0.127 e. The van der Waals surface area contributed by atoms with E-state index >= 15 is 0 Å². The number of hydrazine groups is 1. The molecule has 0 aromatic heterocycles. The summed E-state index contributed by atoms with van der Waals surface area (Å²) in [5, 5.41) is 0.379. The number of hydrogen-bond donors (Lipinski definition) is 2. The molecule has 1 unspecified atom stereocenters. The van der Waals surface area contributed by atoms with Crippen LogP contribution in [0.5, 0.6) is 0 Å². The molecule has 0 saturated heterocycles. The molecule has 0 fully saturated rings. The van der Waals surface area contributed by atoms with Crippen LogP contribution in [0.1, 0.15) is 5.56 Å². The van der Waals surface area contributed by atoms with Crippen molar-refractivity contribution in [2.45, 2.75) is 12.5 Å². The third-order valence-electron chi connectivity index (χ3n) is 2.47. The highest BCUT2D eigenvalue weighted by atomic mass is 35.5. The lowest BCUT2D eigenvalue weighted by Gasteiger charge is -2.16. The second-order valence-electron chi connectivity index (χ2n) is 3.87. The molecule has 102 valence electrons. The number of rotatable bonds is 8. The zero-order valence-corrected chi connectivity index (χ0v) is 11.0. The molecule has 1 atom stereocenters. The van der Waals surface area contributed by atoms with Gasteiger partial charge in [-0.15, -0.1) is 0 Å². The van der Waals surface area contributed by atoms with E-state index in [0.717, 1.165) is 0 Å². The molecule has 0 bridgehead atoms. The van der Waals surface area contributed by atoms with Crippen molar-refractivity contribution in [2.75, 3.05) is 26.9 Å². The monoisotopic (exact) mass is 276 g/mol. The Morgan fingerprint density at radius 2 is 2.22 bits per heavy atom. The minimum atomic E-state index is -0.334. The maximum atomic E-state index is 13.6. The summed E-state index contributed by atoms with van der Waals surface area (Å²) in [5.41, 5.74) is 3.16. The van der Waals surface area contributed by atoms with Gasteiger partial charge in [0.2, 0.25) is 0 Å². The van der Waals surface area contributed by atoms with Gasteiger partial charge in [-0.1, -0.05) is 17.7 Å². The maximum Gasteiger partial charge on any atom is 0.127 e. The van der Waals surface area contributed by atoms with Gasteiger partial charge in [0.15, 0.2) is 0 Å². The maximum absolute atomic E-state index is 13.6. The highest BCUT2D eigenvalue weighted by Crippen LogP contribution is 2.16. The molecule has 0 radical (unpaired) electrons. The molecule has 4 nitrogen and oxygen atoms in total. The Hall–Kier alpha value is -0.720. The van der Waals surface area contributed by atoms with Gasteiger partial charge in [-0.05, 0) is 24.1 Å². The molecule has 6 heteroatoms. The Kier molecular flexibility index (Phi) is 7.15. The van der Waals surface area contributed by atoms with Crippen LogP contribution in [0.4, 0.5) is 4.39 Å². The summed E-state index contributed by atoms with van der Waals surface area (Å²) < 4.78 is 23.8. The lowest BCUT2D eigenvalue weighted by Crippen LogP contribution is -2.40. The normalized spacial score (nSPS) is 12.7. The minimum absolute atomic E-state index is 0.155. The fourth-order valence-corrected chi connectivity index (χ4v) is 1.65. The summed E-state index contributed by atoms with van der Waals surface area (Å²) >= 11 is 5.69. The van der Waals surface area contributed by atoms with Crippen LogP contribution >= 0.6 is 11.6 Å². The van der Waals surface area contributed by atoms with E-state index in [-0.39, 0.29) is 11.9 Å². The number of methoxy groups -OCH3 is 1. The number of nitrogens with one attached hydrogen (secondary N) is 1. The van der Waals surface area contributed by atoms with E-state index in [4.69, 9.17) is 26.9 Å². The van der Waals surface area contributed by atoms with Crippen molar-refractivity contribution < 1.29 is 13.9 Å². The summed E-state index contributed by atoms with van der Waals surface area (Å²) in [5.74, 6) is 5.07. The fraction of sp³-hybridized carbons (Fsp3) is 0.500. The van der Waals surface area contributed by atoms with Crippen LogP contribution in [0.2, 0.25) is 5.02 Å². The second-order valence-corrected chi connectivity index (χ2v) is 4.31. The molecular weight excluding hydrogens is 259 g/mol. The van der Waals surface area contributed by atoms with Gasteiger partial charge in [0, 0.05) is 18.2 Å². The van der Waals surface area contributed by atoms with Gasteiger partial charge in [0.1, 0.15) is 5.82 Å². The Morgan fingerprint density at radius 1 is 1.44 bits per heavy atom. The van der Waals surface area contributed by atoms with Gasteiger partial charge < -0.3 is 9.47 Å². The molecule has 1 aromatic carbocycles. The zero-order chi connectivity index (χ0) is 13.4. The number of ether oxygens (including phenoxy) is 2. The molecule has 0 aliphatic heterocycles. The van der Waals surface area contributed by atoms with Crippen molar-refractivity contribution in [3.63, 3.8) is 0 Å². The Balaban J connectivity index is 2.46. The first-order valence-corrected chi connectivity index (χ1v) is 6.02. The van der Waals surface area contributed by atoms with E-state index < -0.39 is 0 Å². The summed E-state index contributed by atoms with van der Waals surface area (Å²) in [6, 6.07) is 4.43. The first-order chi connectivity index (χ1) is 8.67. The highest BCUT2D eigenvalue weighted by molar-refractivity contribution is 6.30. The van der Waals surface area contributed by atoms with Gasteiger partial charge in [-0.25, -0.2) is 4.39 Å². The summed E-state index contributed by atoms with van der Waals surface area (Å²) in [6.07, 6.45) is 0.437. The van der Waals surface area contributed by atoms with Gasteiger partial charge >= 0.3 is 0 Å². The SMILES string of the molecule is COCCOCC(Cc1ccc(Cl)cc1F)NN. The van der Waals surface area contributed by atoms with Crippen LogP contribution in [0.3, 0.4) is 0 Å². The largest absolute Gasteiger partial charge is 0.382 e. The number of nitrogens with two attached hydrogens (primary N) is 1. The molecule has 0 amide bonds. The van der Waals surface area contributed by atoms with Gasteiger partial charge in [-0.3, -0.25) is 11.3 Å². The number of halogens is 2. The highest BCUT2D eigenvalue weighted by Gasteiger charge is 2.11. The Bertz CT molecular complexity index is 366. The van der Waals surface area contributed by atoms with Crippen LogP contribution in [-0.2, 0) is 15.9 Å². The van der Waals surface area contributed by atoms with E-state index in [0.29, 0.717) is 36.8 Å². The number of hydrogen-bond acceptors (Lipinski definition) is 4. The van der Waals surface area contributed by atoms with Crippen molar-refractivity contribution in [2.24, 2.45) is 5.84 Å². The fourth-order valence-electron chi connectivity index (χ4n) is 1.49. The van der Waals surface area contributed by atoms with Crippen LogP contribution < -0.4 is 11.3 Å². The predicted molar refractivity (Wildman–Crippen MR) is 68.9 cm³/mol. The molecule has 1 aromatic rings. The third-order valence-corrected chi connectivity index (χ3v) is 2.70. The molecule has 0 aliphatic carbocycles. The average Bonchev–Trinajstić information content (AvgIpc) is 2.35. The van der Waals surface area contributed by atoms with E-state index in [1.165, 1.54) is 6.07 Å². The lowest BCUT2D eigenvalue weighted by molar-refractivity contribution is 0.0586. The topological polar surface area (TPSA) is 56.5 Å². The molecule has 0 aliphatic rings. The second kappa shape index (κ2) is 8.39. The van der Waals surface area contributed by atoms with Crippen LogP contribution in [0.25, 0.3) is 0 Å². The molecular formula is C12H18ClFN2O2. The molecule has 0 heterocycles. The predicted octanol–water partition coefficient (Wildman–Crippen LogP) is 1.52. The Labute approximate surface area is 111 Å². The van der Waals surface area contributed by atoms with Gasteiger partial charge in [0.05, 0.1) is 19.8 Å². The van der Waals surface area contributed by atoms with Crippen molar-refractivity contribution in [3.05, 3.63) is 34.6 Å². The third kappa shape index (κ3) is 5.29. The van der Waals surface area contributed by atoms with Gasteiger partial charge in [0.25, 0.3) is 0 Å². The van der Waals surface area contributed by atoms with E-state index in [2.05, 4.69) is 5.43 Å². The van der Waals surface area contributed by atoms with Crippen molar-refractivity contribution in [1.29, 1.82) is 0 Å². The number of benzene rings is 1. The van der Waals surface area contributed by atoms with Crippen molar-refractivity contribution in [1.82, 2.24) is 5.43 Å². The molecule has 3 N–H and O–H groups in total. The Morgan fingerprint density at radius 3 is 2.83 bits per heavy atom. The van der Waals surface area contributed by atoms with E-state index in [1.807, 2.05) is 0 Å². The molecule has 18 heavy (non-hydrogen) atoms. The zero-order valence-electron chi connectivity index (χ0n) is 10.3. The van der Waals surface area contributed by atoms with Crippen molar-refractivity contribution in [3.8, 4) is 0 Å². The van der Waals surface area contributed by atoms with E-state index in [1.54, 1.807) is 19.2 Å². The average molecular weight is 277 g/mol. The summed E-state index contributed by atoms with van der Waals surface area (Å²) in [6.45, 7) is 1.40. The summed E-state index contributed by atoms with van der Waals surface area (Å²) in [4.78, 5) is 0. The van der Waals surface area contributed by atoms with Crippen molar-refractivity contribution >= 4 is 11.6 Å².